The number of rotatable bonds is 2. The average molecular weight is 384 g/mol. The van der Waals surface area contributed by atoms with E-state index in [4.69, 9.17) is 17.3 Å². The lowest BCUT2D eigenvalue weighted by atomic mass is 10.2. The highest BCUT2D eigenvalue weighted by molar-refractivity contribution is 9.10. The van der Waals surface area contributed by atoms with E-state index in [-0.39, 0.29) is 5.91 Å². The lowest BCUT2D eigenvalue weighted by molar-refractivity contribution is 0.102. The SMILES string of the molecule is Nc1cccc(C(=O)Nc2c(Cl)ccc3nsnc23)c1Br. The molecule has 0 aliphatic heterocycles. The van der Waals surface area contributed by atoms with Crippen LogP contribution in [0.15, 0.2) is 34.8 Å². The molecule has 8 heteroatoms. The number of fused-ring (bicyclic) bond motifs is 1. The molecule has 0 radical (unpaired) electrons. The number of carbonyl (C=O) groups excluding carboxylic acids is 1. The van der Waals surface area contributed by atoms with Gasteiger partial charge in [-0.2, -0.15) is 8.75 Å². The van der Waals surface area contributed by atoms with Crippen LogP contribution in [0.3, 0.4) is 0 Å². The molecule has 0 unspecified atom stereocenters. The second-order valence-electron chi connectivity index (χ2n) is 4.22. The maximum Gasteiger partial charge on any atom is 0.256 e. The number of hydrogen-bond acceptors (Lipinski definition) is 5. The zero-order valence-corrected chi connectivity index (χ0v) is 13.6. The third kappa shape index (κ3) is 2.59. The molecule has 3 N–H and O–H groups in total. The summed E-state index contributed by atoms with van der Waals surface area (Å²) in [5, 5.41) is 3.18. The lowest BCUT2D eigenvalue weighted by Crippen LogP contribution is -2.14. The Morgan fingerprint density at radius 1 is 1.29 bits per heavy atom. The van der Waals surface area contributed by atoms with Gasteiger partial charge in [0.05, 0.1) is 32.5 Å². The minimum atomic E-state index is -0.323. The molecule has 3 aromatic rings. The molecule has 21 heavy (non-hydrogen) atoms. The molecule has 2 aromatic carbocycles. The fraction of sp³-hybridized carbons (Fsp3) is 0. The summed E-state index contributed by atoms with van der Waals surface area (Å²) in [4.78, 5) is 12.4. The minimum absolute atomic E-state index is 0.323. The summed E-state index contributed by atoms with van der Waals surface area (Å²) in [6, 6.07) is 8.52. The first-order valence-electron chi connectivity index (χ1n) is 5.84. The van der Waals surface area contributed by atoms with E-state index in [9.17, 15) is 4.79 Å². The predicted octanol–water partition coefficient (Wildman–Crippen LogP) is 3.94. The van der Waals surface area contributed by atoms with Gasteiger partial charge in [-0.25, -0.2) is 0 Å². The number of nitrogen functional groups attached to an aromatic ring is 1. The van der Waals surface area contributed by atoms with Crippen molar-refractivity contribution in [2.45, 2.75) is 0 Å². The van der Waals surface area contributed by atoms with Crippen LogP contribution in [0, 0.1) is 0 Å². The number of benzene rings is 2. The number of carbonyl (C=O) groups is 1. The van der Waals surface area contributed by atoms with Gasteiger partial charge in [0, 0.05) is 5.69 Å². The van der Waals surface area contributed by atoms with Crippen molar-refractivity contribution in [3.05, 3.63) is 45.4 Å². The first-order chi connectivity index (χ1) is 10.1. The zero-order valence-electron chi connectivity index (χ0n) is 10.4. The monoisotopic (exact) mass is 382 g/mol. The summed E-state index contributed by atoms with van der Waals surface area (Å²) >= 11 is 10.5. The Morgan fingerprint density at radius 3 is 2.90 bits per heavy atom. The average Bonchev–Trinajstić information content (AvgIpc) is 2.93. The molecule has 5 nitrogen and oxygen atoms in total. The summed E-state index contributed by atoms with van der Waals surface area (Å²) in [6.45, 7) is 0. The third-order valence-corrected chi connectivity index (χ3v) is 4.63. The van der Waals surface area contributed by atoms with Gasteiger partial charge in [0.15, 0.2) is 0 Å². The Hall–Kier alpha value is -1.70. The smallest absolute Gasteiger partial charge is 0.256 e. The highest BCUT2D eigenvalue weighted by atomic mass is 79.9. The van der Waals surface area contributed by atoms with Crippen molar-refractivity contribution in [1.29, 1.82) is 0 Å². The molecular formula is C13H8BrClN4OS. The van der Waals surface area contributed by atoms with Crippen LogP contribution < -0.4 is 11.1 Å². The standard InChI is InChI=1S/C13H8BrClN4OS/c14-10-6(2-1-3-8(10)16)13(20)17-11-7(15)4-5-9-12(11)19-21-18-9/h1-5H,16H2,(H,17,20). The summed E-state index contributed by atoms with van der Waals surface area (Å²) < 4.78 is 8.83. The largest absolute Gasteiger partial charge is 0.398 e. The van der Waals surface area contributed by atoms with E-state index in [0.29, 0.717) is 37.5 Å². The summed E-state index contributed by atoms with van der Waals surface area (Å²) in [7, 11) is 0. The molecule has 0 saturated carbocycles. The molecule has 1 amide bonds. The summed E-state index contributed by atoms with van der Waals surface area (Å²) in [5.41, 5.74) is 8.40. The van der Waals surface area contributed by atoms with Gasteiger partial charge in [-0.05, 0) is 40.2 Å². The number of nitrogens with zero attached hydrogens (tertiary/aromatic N) is 2. The second-order valence-corrected chi connectivity index (χ2v) is 5.95. The molecule has 1 aromatic heterocycles. The summed E-state index contributed by atoms with van der Waals surface area (Å²) in [5.74, 6) is -0.323. The van der Waals surface area contributed by atoms with Crippen molar-refractivity contribution in [3.8, 4) is 0 Å². The van der Waals surface area contributed by atoms with Crippen LogP contribution >= 0.6 is 39.3 Å². The first-order valence-corrected chi connectivity index (χ1v) is 7.74. The van der Waals surface area contributed by atoms with Gasteiger partial charge in [-0.15, -0.1) is 0 Å². The van der Waals surface area contributed by atoms with Crippen LogP contribution in [0.5, 0.6) is 0 Å². The predicted molar refractivity (Wildman–Crippen MR) is 88.9 cm³/mol. The van der Waals surface area contributed by atoms with Crippen molar-refractivity contribution in [3.63, 3.8) is 0 Å². The minimum Gasteiger partial charge on any atom is -0.398 e. The van der Waals surface area contributed by atoms with Crippen LogP contribution in [0.1, 0.15) is 10.4 Å². The van der Waals surface area contributed by atoms with Crippen LogP contribution in [0.25, 0.3) is 11.0 Å². The van der Waals surface area contributed by atoms with Crippen molar-refractivity contribution in [1.82, 2.24) is 8.75 Å². The number of nitrogens with one attached hydrogen (secondary N) is 1. The number of anilines is 2. The molecular weight excluding hydrogens is 376 g/mol. The van der Waals surface area contributed by atoms with Crippen molar-refractivity contribution < 1.29 is 4.79 Å². The Balaban J connectivity index is 2.02. The number of nitrogens with two attached hydrogens (primary N) is 1. The lowest BCUT2D eigenvalue weighted by Gasteiger charge is -2.10. The number of halogens is 2. The highest BCUT2D eigenvalue weighted by Gasteiger charge is 2.16. The molecule has 0 spiro atoms. The Kier molecular flexibility index (Phi) is 3.79. The maximum atomic E-state index is 12.4. The summed E-state index contributed by atoms with van der Waals surface area (Å²) in [6.07, 6.45) is 0. The molecule has 0 aliphatic carbocycles. The van der Waals surface area contributed by atoms with Gasteiger partial charge < -0.3 is 11.1 Å². The Morgan fingerprint density at radius 2 is 2.10 bits per heavy atom. The van der Waals surface area contributed by atoms with Gasteiger partial charge in [0.1, 0.15) is 11.0 Å². The van der Waals surface area contributed by atoms with E-state index >= 15 is 0 Å². The molecule has 0 atom stereocenters. The molecule has 1 heterocycles. The van der Waals surface area contributed by atoms with Crippen LogP contribution in [-0.4, -0.2) is 14.7 Å². The van der Waals surface area contributed by atoms with E-state index in [2.05, 4.69) is 30.0 Å². The highest BCUT2D eigenvalue weighted by Crippen LogP contribution is 2.31. The van der Waals surface area contributed by atoms with Crippen molar-refractivity contribution >= 4 is 67.6 Å². The van der Waals surface area contributed by atoms with Crippen molar-refractivity contribution in [2.75, 3.05) is 11.1 Å². The Labute approximate surface area is 137 Å². The number of aromatic nitrogens is 2. The van der Waals surface area contributed by atoms with Gasteiger partial charge in [-0.1, -0.05) is 17.7 Å². The van der Waals surface area contributed by atoms with Crippen molar-refractivity contribution in [2.24, 2.45) is 0 Å². The second kappa shape index (κ2) is 5.59. The number of hydrogen-bond donors (Lipinski definition) is 2. The van der Waals surface area contributed by atoms with Gasteiger partial charge in [0.2, 0.25) is 0 Å². The van der Waals surface area contributed by atoms with Gasteiger partial charge >= 0.3 is 0 Å². The first kappa shape index (κ1) is 14.2. The molecule has 106 valence electrons. The van der Waals surface area contributed by atoms with E-state index in [0.717, 1.165) is 11.7 Å². The van der Waals surface area contributed by atoms with E-state index in [1.165, 1.54) is 0 Å². The van der Waals surface area contributed by atoms with E-state index < -0.39 is 0 Å². The molecule has 3 rings (SSSR count). The fourth-order valence-corrected chi connectivity index (χ4v) is 3.04. The molecule has 0 saturated heterocycles. The number of amides is 1. The zero-order chi connectivity index (χ0) is 15.0. The molecule has 0 fully saturated rings. The third-order valence-electron chi connectivity index (χ3n) is 2.89. The van der Waals surface area contributed by atoms with Gasteiger partial charge in [0.25, 0.3) is 5.91 Å². The maximum absolute atomic E-state index is 12.4. The van der Waals surface area contributed by atoms with Crippen LogP contribution in [-0.2, 0) is 0 Å². The molecule has 0 bridgehead atoms. The Bertz CT molecular complexity index is 851. The quantitative estimate of drug-likeness (QED) is 0.657. The fourth-order valence-electron chi connectivity index (χ4n) is 1.85. The van der Waals surface area contributed by atoms with Crippen LogP contribution in [0.2, 0.25) is 5.02 Å². The topological polar surface area (TPSA) is 80.9 Å². The van der Waals surface area contributed by atoms with Gasteiger partial charge in [-0.3, -0.25) is 4.79 Å². The molecule has 0 aliphatic rings. The van der Waals surface area contributed by atoms with E-state index in [1.54, 1.807) is 30.3 Å². The van der Waals surface area contributed by atoms with E-state index in [1.807, 2.05) is 0 Å². The normalized spacial score (nSPS) is 10.8. The van der Waals surface area contributed by atoms with Crippen LogP contribution in [0.4, 0.5) is 11.4 Å².